The number of carbonyl (C=O) groups is 1. The van der Waals surface area contributed by atoms with Gasteiger partial charge >= 0.3 is 5.97 Å². The van der Waals surface area contributed by atoms with Crippen LogP contribution in [0.4, 0.5) is 0 Å². The molecule has 3 rings (SSSR count). The molecule has 2 aromatic rings. The molecule has 148 valence electrons. The summed E-state index contributed by atoms with van der Waals surface area (Å²) >= 11 is 1.62. The highest BCUT2D eigenvalue weighted by atomic mass is 32.1. The molecule has 1 aliphatic rings. The average Bonchev–Trinajstić information content (AvgIpc) is 2.97. The van der Waals surface area contributed by atoms with E-state index in [1.54, 1.807) is 11.3 Å². The first kappa shape index (κ1) is 20.0. The number of carbonyl (C=O) groups excluding carboxylic acids is 1. The Hall–Kier alpha value is -1.73. The fourth-order valence-electron chi connectivity index (χ4n) is 3.74. The maximum atomic E-state index is 12.8. The Balaban J connectivity index is 1.76. The molecule has 1 fully saturated rings. The summed E-state index contributed by atoms with van der Waals surface area (Å²) in [4.78, 5) is 36.4. The Morgan fingerprint density at radius 3 is 2.74 bits per heavy atom. The number of fused-ring (bicyclic) bond motifs is 1. The molecule has 27 heavy (non-hydrogen) atoms. The summed E-state index contributed by atoms with van der Waals surface area (Å²) in [6.07, 6.45) is 3.60. The number of aromatic amines is 1. The number of ether oxygens (including phenoxy) is 1. The van der Waals surface area contributed by atoms with Gasteiger partial charge in [-0.05, 0) is 50.8 Å². The molecule has 6 nitrogen and oxygen atoms in total. The smallest absolute Gasteiger partial charge is 0.308 e. The fraction of sp³-hybridized carbons (Fsp3) is 0.650. The van der Waals surface area contributed by atoms with Crippen LogP contribution in [-0.2, 0) is 22.5 Å². The molecule has 1 aliphatic heterocycles. The number of thiophene rings is 1. The number of nitrogens with zero attached hydrogens (tertiary/aromatic N) is 2. The van der Waals surface area contributed by atoms with E-state index in [0.717, 1.165) is 54.6 Å². The molecule has 0 saturated carbocycles. The summed E-state index contributed by atoms with van der Waals surface area (Å²) in [5.74, 6) is 1.13. The van der Waals surface area contributed by atoms with Gasteiger partial charge in [-0.3, -0.25) is 14.5 Å². The van der Waals surface area contributed by atoms with Crippen molar-refractivity contribution < 1.29 is 9.53 Å². The second-order valence-electron chi connectivity index (χ2n) is 7.62. The van der Waals surface area contributed by atoms with Crippen molar-refractivity contribution in [2.24, 2.45) is 11.8 Å². The third-order valence-corrected chi connectivity index (χ3v) is 6.70. The Morgan fingerprint density at radius 1 is 1.41 bits per heavy atom. The van der Waals surface area contributed by atoms with E-state index in [4.69, 9.17) is 9.72 Å². The molecule has 0 aliphatic carbocycles. The standard InChI is InChI=1S/C20H29N3O3S/c1-5-12(2)10-15-13(3)27-19-17(15)18(24)21-16(22-19)11-23-8-6-14(7-9-23)20(25)26-4/h12,14H,5-11H2,1-4H3,(H,21,22,24)/t12-/m1/s1. The van der Waals surface area contributed by atoms with Crippen molar-refractivity contribution in [1.29, 1.82) is 0 Å². The van der Waals surface area contributed by atoms with E-state index < -0.39 is 0 Å². The number of hydrogen-bond acceptors (Lipinski definition) is 6. The predicted octanol–water partition coefficient (Wildman–Crippen LogP) is 3.27. The van der Waals surface area contributed by atoms with Gasteiger partial charge in [0, 0.05) is 4.88 Å². The molecule has 1 atom stereocenters. The number of aryl methyl sites for hydroxylation is 1. The number of nitrogens with one attached hydrogen (secondary N) is 1. The highest BCUT2D eigenvalue weighted by Crippen LogP contribution is 2.29. The molecule has 0 bridgehead atoms. The maximum Gasteiger partial charge on any atom is 0.308 e. The zero-order chi connectivity index (χ0) is 19.6. The second-order valence-corrected chi connectivity index (χ2v) is 8.82. The first-order valence-corrected chi connectivity index (χ1v) is 10.6. The van der Waals surface area contributed by atoms with Gasteiger partial charge in [0.2, 0.25) is 0 Å². The van der Waals surface area contributed by atoms with Crippen molar-refractivity contribution >= 4 is 27.5 Å². The van der Waals surface area contributed by atoms with Gasteiger partial charge < -0.3 is 9.72 Å². The molecule has 0 aromatic carbocycles. The number of piperidine rings is 1. The van der Waals surface area contributed by atoms with Gasteiger partial charge in [0.15, 0.2) is 0 Å². The quantitative estimate of drug-likeness (QED) is 0.765. The summed E-state index contributed by atoms with van der Waals surface area (Å²) in [7, 11) is 1.44. The van der Waals surface area contributed by atoms with Crippen molar-refractivity contribution in [3.05, 3.63) is 26.6 Å². The average molecular weight is 392 g/mol. The molecule has 1 saturated heterocycles. The molecular weight excluding hydrogens is 362 g/mol. The van der Waals surface area contributed by atoms with Gasteiger partial charge in [-0.1, -0.05) is 20.3 Å². The Morgan fingerprint density at radius 2 is 2.11 bits per heavy atom. The zero-order valence-electron chi connectivity index (χ0n) is 16.6. The fourth-order valence-corrected chi connectivity index (χ4v) is 4.81. The minimum atomic E-state index is -0.120. The van der Waals surface area contributed by atoms with Crippen LogP contribution in [0.15, 0.2) is 4.79 Å². The van der Waals surface area contributed by atoms with E-state index in [2.05, 4.69) is 30.7 Å². The van der Waals surface area contributed by atoms with Gasteiger partial charge in [0.1, 0.15) is 10.7 Å². The SMILES string of the molecule is CC[C@@H](C)Cc1c(C)sc2nc(CN3CCC(C(=O)OC)CC3)[nH]c(=O)c12. The summed E-state index contributed by atoms with van der Waals surface area (Å²) in [5.41, 5.74) is 1.13. The minimum Gasteiger partial charge on any atom is -0.469 e. The van der Waals surface area contributed by atoms with Crippen molar-refractivity contribution in [2.75, 3.05) is 20.2 Å². The molecular formula is C20H29N3O3S. The van der Waals surface area contributed by atoms with E-state index in [0.29, 0.717) is 18.3 Å². The van der Waals surface area contributed by atoms with E-state index in [1.165, 1.54) is 12.0 Å². The van der Waals surface area contributed by atoms with Gasteiger partial charge in [-0.25, -0.2) is 4.98 Å². The minimum absolute atomic E-state index is 0.0104. The Bertz CT molecular complexity index is 865. The van der Waals surface area contributed by atoms with Gasteiger partial charge in [0.05, 0.1) is 25.0 Å². The van der Waals surface area contributed by atoms with Gasteiger partial charge in [-0.2, -0.15) is 0 Å². The highest BCUT2D eigenvalue weighted by Gasteiger charge is 2.26. The number of aromatic nitrogens is 2. The molecule has 0 spiro atoms. The molecule has 0 radical (unpaired) electrons. The van der Waals surface area contributed by atoms with Crippen molar-refractivity contribution in [1.82, 2.24) is 14.9 Å². The molecule has 7 heteroatoms. The zero-order valence-corrected chi connectivity index (χ0v) is 17.4. The summed E-state index contributed by atoms with van der Waals surface area (Å²) in [6, 6.07) is 0. The van der Waals surface area contributed by atoms with Crippen LogP contribution in [0.2, 0.25) is 0 Å². The van der Waals surface area contributed by atoms with Crippen LogP contribution in [0, 0.1) is 18.8 Å². The van der Waals surface area contributed by atoms with Crippen LogP contribution in [-0.4, -0.2) is 41.0 Å². The van der Waals surface area contributed by atoms with Crippen LogP contribution in [0.5, 0.6) is 0 Å². The first-order valence-electron chi connectivity index (χ1n) is 9.74. The van der Waals surface area contributed by atoms with Gasteiger partial charge in [0.25, 0.3) is 5.56 Å². The van der Waals surface area contributed by atoms with Crippen molar-refractivity contribution in [2.45, 2.75) is 53.0 Å². The first-order chi connectivity index (χ1) is 12.9. The van der Waals surface area contributed by atoms with Gasteiger partial charge in [-0.15, -0.1) is 11.3 Å². The van der Waals surface area contributed by atoms with E-state index in [1.807, 2.05) is 0 Å². The number of rotatable bonds is 6. The highest BCUT2D eigenvalue weighted by molar-refractivity contribution is 7.18. The summed E-state index contributed by atoms with van der Waals surface area (Å²) < 4.78 is 4.84. The lowest BCUT2D eigenvalue weighted by molar-refractivity contribution is -0.147. The van der Waals surface area contributed by atoms with E-state index in [-0.39, 0.29) is 17.4 Å². The lowest BCUT2D eigenvalue weighted by atomic mass is 9.97. The number of methoxy groups -OCH3 is 1. The largest absolute Gasteiger partial charge is 0.469 e. The van der Waals surface area contributed by atoms with Crippen molar-refractivity contribution in [3.8, 4) is 0 Å². The van der Waals surface area contributed by atoms with Crippen LogP contribution < -0.4 is 5.56 Å². The lowest BCUT2D eigenvalue weighted by Gasteiger charge is -2.30. The molecule has 0 unspecified atom stereocenters. The van der Waals surface area contributed by atoms with Crippen LogP contribution in [0.25, 0.3) is 10.2 Å². The normalized spacial score (nSPS) is 17.3. The summed E-state index contributed by atoms with van der Waals surface area (Å²) in [6.45, 7) is 8.71. The van der Waals surface area contributed by atoms with E-state index >= 15 is 0 Å². The monoisotopic (exact) mass is 391 g/mol. The van der Waals surface area contributed by atoms with E-state index in [9.17, 15) is 9.59 Å². The third-order valence-electron chi connectivity index (χ3n) is 5.66. The predicted molar refractivity (Wildman–Crippen MR) is 108 cm³/mol. The van der Waals surface area contributed by atoms with Crippen LogP contribution in [0.1, 0.15) is 49.4 Å². The molecule has 3 heterocycles. The number of esters is 1. The Labute approximate surface area is 163 Å². The summed E-state index contributed by atoms with van der Waals surface area (Å²) in [5, 5.41) is 0.769. The Kier molecular flexibility index (Phi) is 6.32. The molecule has 0 amide bonds. The number of hydrogen-bond donors (Lipinski definition) is 1. The number of likely N-dealkylation sites (tertiary alicyclic amines) is 1. The van der Waals surface area contributed by atoms with Crippen molar-refractivity contribution in [3.63, 3.8) is 0 Å². The number of H-pyrrole nitrogens is 1. The maximum absolute atomic E-state index is 12.8. The second kappa shape index (κ2) is 8.52. The molecule has 2 aromatic heterocycles. The molecule has 1 N–H and O–H groups in total. The third kappa shape index (κ3) is 4.41. The lowest BCUT2D eigenvalue weighted by Crippen LogP contribution is -2.37. The van der Waals surface area contributed by atoms with Crippen LogP contribution in [0.3, 0.4) is 0 Å². The van der Waals surface area contributed by atoms with Crippen LogP contribution >= 0.6 is 11.3 Å². The topological polar surface area (TPSA) is 75.3 Å².